The quantitative estimate of drug-likeness (QED) is 0.459. The molecule has 4 N–H and O–H groups in total. The van der Waals surface area contributed by atoms with Crippen molar-refractivity contribution in [3.05, 3.63) is 58.6 Å². The normalized spacial score (nSPS) is 23.3. The van der Waals surface area contributed by atoms with Crippen LogP contribution in [0.3, 0.4) is 0 Å². The van der Waals surface area contributed by atoms with Crippen molar-refractivity contribution in [2.24, 2.45) is 0 Å². The summed E-state index contributed by atoms with van der Waals surface area (Å²) in [6, 6.07) is 7.20. The number of anilines is 1. The van der Waals surface area contributed by atoms with Crippen molar-refractivity contribution in [1.29, 1.82) is 5.41 Å². The standard InChI is InChI=1S/C20H25ClFN5O2S/c1-19(2)18(23)27-20(3,11-30(19,29)24-4)14-9-13(6-7-15(14)22)26-17(28)16-8-5-12(21)10-25-16/h5-10,30H,11H2,1-4H3,(H2,23,27)(H,24,29)(H,26,28)/t20-/m0/s1. The number of hydrogen-bond acceptors (Lipinski definition) is 4. The second-order valence-corrected chi connectivity index (χ2v) is 11.8. The van der Waals surface area contributed by atoms with Gasteiger partial charge in [-0.05, 0) is 68.3 Å². The van der Waals surface area contributed by atoms with E-state index in [4.69, 9.17) is 17.0 Å². The second kappa shape index (κ2) is 7.72. The molecule has 1 aliphatic rings. The Morgan fingerprint density at radius 3 is 2.60 bits per heavy atom. The van der Waals surface area contributed by atoms with Gasteiger partial charge in [0.05, 0.1) is 15.3 Å². The van der Waals surface area contributed by atoms with E-state index in [-0.39, 0.29) is 22.8 Å². The van der Waals surface area contributed by atoms with E-state index in [0.717, 1.165) is 0 Å². The molecule has 0 aliphatic carbocycles. The Morgan fingerprint density at radius 2 is 2.00 bits per heavy atom. The number of thiol groups is 1. The molecule has 1 atom stereocenters. The molecule has 30 heavy (non-hydrogen) atoms. The summed E-state index contributed by atoms with van der Waals surface area (Å²) in [6.07, 6.45) is 1.36. The van der Waals surface area contributed by atoms with Crippen molar-refractivity contribution in [2.45, 2.75) is 31.1 Å². The molecule has 0 bridgehead atoms. The van der Waals surface area contributed by atoms with E-state index in [1.165, 1.54) is 30.5 Å². The Kier molecular flexibility index (Phi) is 5.74. The van der Waals surface area contributed by atoms with Gasteiger partial charge in [-0.1, -0.05) is 11.6 Å². The van der Waals surface area contributed by atoms with Crippen molar-refractivity contribution in [3.63, 3.8) is 0 Å². The molecule has 1 aromatic heterocycles. The predicted octanol–water partition coefficient (Wildman–Crippen LogP) is 2.85. The third kappa shape index (κ3) is 3.84. The first-order chi connectivity index (χ1) is 13.9. The number of nitrogens with zero attached hydrogens (tertiary/aromatic N) is 1. The summed E-state index contributed by atoms with van der Waals surface area (Å²) in [5.41, 5.74) is -0.378. The Bertz CT molecular complexity index is 1060. The number of amides is 1. The van der Waals surface area contributed by atoms with Gasteiger partial charge in [0, 0.05) is 23.2 Å². The Balaban J connectivity index is 1.95. The van der Waals surface area contributed by atoms with Crippen LogP contribution in [-0.2, 0) is 15.7 Å². The van der Waals surface area contributed by atoms with E-state index in [9.17, 15) is 13.4 Å². The van der Waals surface area contributed by atoms with E-state index >= 15 is 0 Å². The van der Waals surface area contributed by atoms with Gasteiger partial charge in [0.15, 0.2) is 0 Å². The van der Waals surface area contributed by atoms with E-state index in [1.807, 2.05) is 0 Å². The molecule has 0 unspecified atom stereocenters. The lowest BCUT2D eigenvalue weighted by molar-refractivity contribution is 0.102. The van der Waals surface area contributed by atoms with Crippen LogP contribution in [0.15, 0.2) is 36.5 Å². The van der Waals surface area contributed by atoms with Crippen molar-refractivity contribution in [2.75, 3.05) is 18.1 Å². The van der Waals surface area contributed by atoms with Crippen molar-refractivity contribution in [3.8, 4) is 0 Å². The number of rotatable bonds is 4. The molecule has 1 saturated heterocycles. The third-order valence-electron chi connectivity index (χ3n) is 5.59. The lowest BCUT2D eigenvalue weighted by atomic mass is 9.91. The molecule has 0 saturated carbocycles. The average Bonchev–Trinajstić information content (AvgIpc) is 2.68. The maximum Gasteiger partial charge on any atom is 0.274 e. The van der Waals surface area contributed by atoms with Gasteiger partial charge in [-0.15, -0.1) is 0 Å². The molecule has 0 radical (unpaired) electrons. The van der Waals surface area contributed by atoms with Gasteiger partial charge in [0.1, 0.15) is 17.3 Å². The van der Waals surface area contributed by atoms with Crippen LogP contribution in [0.1, 0.15) is 36.8 Å². The van der Waals surface area contributed by atoms with E-state index in [0.29, 0.717) is 10.7 Å². The molecule has 1 aliphatic heterocycles. The third-order valence-corrected chi connectivity index (χ3v) is 9.65. The zero-order chi connectivity index (χ0) is 22.3. The largest absolute Gasteiger partial charge is 0.363 e. The van der Waals surface area contributed by atoms with E-state index in [2.05, 4.69) is 20.3 Å². The number of amidine groups is 1. The maximum atomic E-state index is 14.8. The topological polar surface area (TPSA) is 107 Å². The first-order valence-corrected chi connectivity index (χ1v) is 11.6. The molecule has 1 amide bonds. The first-order valence-electron chi connectivity index (χ1n) is 9.30. The van der Waals surface area contributed by atoms with Crippen molar-refractivity contribution < 1.29 is 13.4 Å². The van der Waals surface area contributed by atoms with Gasteiger partial charge >= 0.3 is 0 Å². The summed E-state index contributed by atoms with van der Waals surface area (Å²) in [5.74, 6) is -0.837. The lowest BCUT2D eigenvalue weighted by Crippen LogP contribution is -2.69. The second-order valence-electron chi connectivity index (χ2n) is 8.02. The van der Waals surface area contributed by atoms with Crippen LogP contribution in [0.2, 0.25) is 5.02 Å². The Labute approximate surface area is 180 Å². The number of halogens is 2. The smallest absolute Gasteiger partial charge is 0.274 e. The van der Waals surface area contributed by atoms with Gasteiger partial charge in [-0.2, -0.15) is 0 Å². The van der Waals surface area contributed by atoms with Crippen LogP contribution < -0.4 is 15.4 Å². The summed E-state index contributed by atoms with van der Waals surface area (Å²) in [7, 11) is -1.48. The highest BCUT2D eigenvalue weighted by Crippen LogP contribution is 2.38. The number of carbonyl (C=O) groups is 1. The van der Waals surface area contributed by atoms with Gasteiger partial charge in [0.25, 0.3) is 5.91 Å². The monoisotopic (exact) mass is 453 g/mol. The summed E-state index contributed by atoms with van der Waals surface area (Å²) >= 11 is 5.79. The number of pyridine rings is 1. The lowest BCUT2D eigenvalue weighted by Gasteiger charge is -2.51. The molecule has 0 spiro atoms. The fourth-order valence-electron chi connectivity index (χ4n) is 3.53. The predicted molar refractivity (Wildman–Crippen MR) is 119 cm³/mol. The van der Waals surface area contributed by atoms with Crippen molar-refractivity contribution >= 4 is 39.1 Å². The highest BCUT2D eigenvalue weighted by atomic mass is 35.5. The van der Waals surface area contributed by atoms with Gasteiger partial charge < -0.3 is 10.6 Å². The fourth-order valence-corrected chi connectivity index (χ4v) is 6.32. The van der Waals surface area contributed by atoms with E-state index in [1.54, 1.807) is 33.9 Å². The number of carbonyl (C=O) groups excluding carboxylic acids is 1. The molecule has 3 rings (SSSR count). The van der Waals surface area contributed by atoms with Crippen LogP contribution in [0, 0.1) is 11.2 Å². The summed E-state index contributed by atoms with van der Waals surface area (Å²) < 4.78 is 30.3. The summed E-state index contributed by atoms with van der Waals surface area (Å²) in [6.45, 7) is 5.15. The highest BCUT2D eigenvalue weighted by molar-refractivity contribution is 8.03. The average molecular weight is 454 g/mol. The fraction of sp³-hybridized carbons (Fsp3) is 0.350. The number of hydrogen-bond donors (Lipinski definition) is 5. The Hall–Kier alpha value is -2.36. The molecule has 7 nitrogen and oxygen atoms in total. The zero-order valence-electron chi connectivity index (χ0n) is 17.1. The van der Waals surface area contributed by atoms with Gasteiger partial charge in [-0.3, -0.25) is 19.1 Å². The molecule has 2 aromatic rings. The minimum absolute atomic E-state index is 0.0631. The number of aromatic nitrogens is 1. The van der Waals surface area contributed by atoms with Crippen LogP contribution >= 0.6 is 11.6 Å². The molecular formula is C20H25ClFN5O2S. The first kappa shape index (κ1) is 22.3. The maximum absolute atomic E-state index is 14.8. The van der Waals surface area contributed by atoms with Gasteiger partial charge in [0.2, 0.25) is 0 Å². The molecule has 10 heteroatoms. The highest BCUT2D eigenvalue weighted by Gasteiger charge is 2.50. The molecule has 1 fully saturated rings. The van der Waals surface area contributed by atoms with E-state index < -0.39 is 32.1 Å². The van der Waals surface area contributed by atoms with Crippen LogP contribution in [-0.4, -0.2) is 38.5 Å². The SMILES string of the molecule is CN[SH]1(=O)C[C@@](C)(c2cc(NC(=O)c3ccc(Cl)cn3)ccc2F)NC(=N)C1(C)C. The molecule has 1 aromatic carbocycles. The van der Waals surface area contributed by atoms with Crippen LogP contribution in [0.4, 0.5) is 10.1 Å². The molecule has 2 heterocycles. The van der Waals surface area contributed by atoms with Crippen molar-refractivity contribution in [1.82, 2.24) is 15.0 Å². The van der Waals surface area contributed by atoms with Gasteiger partial charge in [-0.25, -0.2) is 9.37 Å². The zero-order valence-corrected chi connectivity index (χ0v) is 18.8. The molecular weight excluding hydrogens is 429 g/mol. The summed E-state index contributed by atoms with van der Waals surface area (Å²) in [5, 5.41) is 14.5. The number of nitrogens with one attached hydrogen (secondary N) is 4. The minimum Gasteiger partial charge on any atom is -0.363 e. The van der Waals surface area contributed by atoms with Crippen LogP contribution in [0.25, 0.3) is 0 Å². The minimum atomic E-state index is -3.07. The van der Waals surface area contributed by atoms with Crippen LogP contribution in [0.5, 0.6) is 0 Å². The Morgan fingerprint density at radius 1 is 1.30 bits per heavy atom. The molecule has 162 valence electrons. The number of benzene rings is 1. The summed E-state index contributed by atoms with van der Waals surface area (Å²) in [4.78, 5) is 16.4.